The van der Waals surface area contributed by atoms with Gasteiger partial charge in [0.2, 0.25) is 0 Å². The standard InChI is InChI=1S/C42H33N/c1-41(2)34-16-11-17-35-40(34)43-38-32(22-30(24-36(38)41)27-14-9-6-10-15-27)33-23-31(25-37(39(33)43)42(35,3)4)29-20-18-28(19-21-29)26-12-7-5-8-13-26/h5-25H,1-4H3. The number of rotatable bonds is 3. The van der Waals surface area contributed by atoms with Crippen LogP contribution in [0.4, 0.5) is 0 Å². The zero-order valence-corrected chi connectivity index (χ0v) is 25.1. The van der Waals surface area contributed by atoms with Crippen LogP contribution in [0.25, 0.3) is 60.9 Å². The fourth-order valence-electron chi connectivity index (χ4n) is 7.98. The Morgan fingerprint density at radius 1 is 0.372 bits per heavy atom. The maximum absolute atomic E-state index is 2.62. The Kier molecular flexibility index (Phi) is 4.80. The zero-order valence-electron chi connectivity index (χ0n) is 25.1. The van der Waals surface area contributed by atoms with Crippen molar-refractivity contribution in [3.63, 3.8) is 0 Å². The largest absolute Gasteiger partial charge is 0.308 e. The summed E-state index contributed by atoms with van der Waals surface area (Å²) in [6.45, 7) is 9.66. The van der Waals surface area contributed by atoms with Crippen LogP contribution in [0.1, 0.15) is 49.9 Å². The third kappa shape index (κ3) is 3.23. The predicted molar refractivity (Wildman–Crippen MR) is 181 cm³/mol. The Morgan fingerprint density at radius 2 is 0.767 bits per heavy atom. The van der Waals surface area contributed by atoms with Gasteiger partial charge in [0, 0.05) is 21.6 Å². The first-order valence-electron chi connectivity index (χ1n) is 15.4. The molecule has 1 aromatic heterocycles. The van der Waals surface area contributed by atoms with Gasteiger partial charge in [-0.3, -0.25) is 0 Å². The van der Waals surface area contributed by atoms with E-state index in [2.05, 4.69) is 160 Å². The average molecular weight is 552 g/mol. The summed E-state index contributed by atoms with van der Waals surface area (Å²) in [7, 11) is 0. The van der Waals surface area contributed by atoms with Crippen LogP contribution in [0.15, 0.2) is 127 Å². The van der Waals surface area contributed by atoms with E-state index in [9.17, 15) is 0 Å². The number of benzene rings is 6. The van der Waals surface area contributed by atoms with Gasteiger partial charge in [-0.15, -0.1) is 0 Å². The van der Waals surface area contributed by atoms with E-state index in [0.29, 0.717) is 0 Å². The lowest BCUT2D eigenvalue weighted by atomic mass is 9.68. The molecule has 0 unspecified atom stereocenters. The van der Waals surface area contributed by atoms with Gasteiger partial charge in [-0.2, -0.15) is 0 Å². The van der Waals surface area contributed by atoms with Crippen LogP contribution in [0.3, 0.4) is 0 Å². The number of hydrogen-bond donors (Lipinski definition) is 0. The molecule has 6 aromatic carbocycles. The molecule has 43 heavy (non-hydrogen) atoms. The van der Waals surface area contributed by atoms with Crippen LogP contribution in [0, 0.1) is 0 Å². The van der Waals surface area contributed by atoms with Gasteiger partial charge in [0.1, 0.15) is 0 Å². The Morgan fingerprint density at radius 3 is 1.23 bits per heavy atom. The first-order chi connectivity index (χ1) is 20.8. The van der Waals surface area contributed by atoms with E-state index in [1.54, 1.807) is 0 Å². The monoisotopic (exact) mass is 551 g/mol. The summed E-state index contributed by atoms with van der Waals surface area (Å²) in [6, 6.07) is 47.4. The molecule has 0 fully saturated rings. The van der Waals surface area contributed by atoms with Crippen LogP contribution < -0.4 is 0 Å². The number of hydrogen-bond acceptors (Lipinski definition) is 0. The smallest absolute Gasteiger partial charge is 0.0582 e. The highest BCUT2D eigenvalue weighted by atomic mass is 15.0. The van der Waals surface area contributed by atoms with Gasteiger partial charge < -0.3 is 4.57 Å². The summed E-state index contributed by atoms with van der Waals surface area (Å²) in [6.07, 6.45) is 0. The number of para-hydroxylation sites is 1. The van der Waals surface area contributed by atoms with Crippen molar-refractivity contribution in [2.75, 3.05) is 0 Å². The molecular formula is C42H33N. The van der Waals surface area contributed by atoms with Gasteiger partial charge in [-0.25, -0.2) is 0 Å². The molecule has 3 heterocycles. The molecule has 0 saturated carbocycles. The zero-order chi connectivity index (χ0) is 29.1. The molecule has 2 aliphatic rings. The molecule has 0 aliphatic carbocycles. The molecule has 0 spiro atoms. The highest BCUT2D eigenvalue weighted by molar-refractivity contribution is 6.16. The third-order valence-corrected chi connectivity index (χ3v) is 10.3. The SMILES string of the molecule is CC1(C)c2cccc3c2-n2c4c1cc(-c1ccccc1)cc4c1cc(-c4ccc(-c5ccccc5)cc4)cc(c12)C3(C)C. The summed E-state index contributed by atoms with van der Waals surface area (Å²) in [5.74, 6) is 0. The minimum Gasteiger partial charge on any atom is -0.308 e. The summed E-state index contributed by atoms with van der Waals surface area (Å²) >= 11 is 0. The second-order valence-electron chi connectivity index (χ2n) is 13.4. The molecular weight excluding hydrogens is 518 g/mol. The lowest BCUT2D eigenvalue weighted by Crippen LogP contribution is -2.33. The normalized spacial score (nSPS) is 15.3. The van der Waals surface area contributed by atoms with E-state index in [-0.39, 0.29) is 10.8 Å². The second-order valence-corrected chi connectivity index (χ2v) is 13.4. The Hall–Kier alpha value is -4.88. The number of fused-ring (bicyclic) bond motifs is 1. The predicted octanol–water partition coefficient (Wildman–Crippen LogP) is 11.1. The van der Waals surface area contributed by atoms with Crippen molar-refractivity contribution >= 4 is 21.8 Å². The molecule has 0 radical (unpaired) electrons. The van der Waals surface area contributed by atoms with Crippen molar-refractivity contribution in [1.29, 1.82) is 0 Å². The van der Waals surface area contributed by atoms with E-state index in [1.165, 1.54) is 83.1 Å². The summed E-state index contributed by atoms with van der Waals surface area (Å²) in [5, 5.41) is 2.70. The van der Waals surface area contributed by atoms with E-state index in [4.69, 9.17) is 0 Å². The van der Waals surface area contributed by atoms with Crippen molar-refractivity contribution < 1.29 is 0 Å². The molecule has 206 valence electrons. The fraction of sp³-hybridized carbons (Fsp3) is 0.143. The van der Waals surface area contributed by atoms with E-state index < -0.39 is 0 Å². The minimum absolute atomic E-state index is 0.123. The number of nitrogens with zero attached hydrogens (tertiary/aromatic N) is 1. The van der Waals surface area contributed by atoms with Crippen molar-refractivity contribution in [2.45, 2.75) is 38.5 Å². The molecule has 0 N–H and O–H groups in total. The lowest BCUT2D eigenvalue weighted by molar-refractivity contribution is 0.594. The van der Waals surface area contributed by atoms with Gasteiger partial charge >= 0.3 is 0 Å². The van der Waals surface area contributed by atoms with E-state index in [1.807, 2.05) is 0 Å². The first kappa shape index (κ1) is 24.7. The maximum atomic E-state index is 2.62. The van der Waals surface area contributed by atoms with Gasteiger partial charge in [-0.05, 0) is 79.9 Å². The Bertz CT molecular complexity index is 2250. The van der Waals surface area contributed by atoms with Crippen LogP contribution in [0.5, 0.6) is 0 Å². The van der Waals surface area contributed by atoms with Gasteiger partial charge in [-0.1, -0.05) is 131 Å². The molecule has 2 aliphatic heterocycles. The topological polar surface area (TPSA) is 4.93 Å². The van der Waals surface area contributed by atoms with Crippen LogP contribution in [-0.2, 0) is 10.8 Å². The summed E-state index contributed by atoms with van der Waals surface area (Å²) in [5.41, 5.74) is 17.1. The van der Waals surface area contributed by atoms with Gasteiger partial charge in [0.25, 0.3) is 0 Å². The lowest BCUT2D eigenvalue weighted by Gasteiger charge is -2.42. The van der Waals surface area contributed by atoms with Crippen molar-refractivity contribution in [2.24, 2.45) is 0 Å². The maximum Gasteiger partial charge on any atom is 0.0582 e. The molecule has 0 amide bonds. The molecule has 0 atom stereocenters. The molecule has 9 rings (SSSR count). The molecule has 0 bridgehead atoms. The van der Waals surface area contributed by atoms with Crippen molar-refractivity contribution in [3.05, 3.63) is 150 Å². The highest BCUT2D eigenvalue weighted by Crippen LogP contribution is 2.56. The summed E-state index contributed by atoms with van der Waals surface area (Å²) in [4.78, 5) is 0. The highest BCUT2D eigenvalue weighted by Gasteiger charge is 2.43. The van der Waals surface area contributed by atoms with Crippen molar-refractivity contribution in [3.8, 4) is 39.1 Å². The average Bonchev–Trinajstić information content (AvgIpc) is 3.37. The Labute approximate surface area is 253 Å². The van der Waals surface area contributed by atoms with Crippen molar-refractivity contribution in [1.82, 2.24) is 4.57 Å². The van der Waals surface area contributed by atoms with Crippen LogP contribution >= 0.6 is 0 Å². The molecule has 0 saturated heterocycles. The van der Waals surface area contributed by atoms with Crippen LogP contribution in [-0.4, -0.2) is 4.57 Å². The van der Waals surface area contributed by atoms with Gasteiger partial charge in [0.05, 0.1) is 16.7 Å². The minimum atomic E-state index is -0.135. The van der Waals surface area contributed by atoms with Gasteiger partial charge in [0.15, 0.2) is 0 Å². The number of aromatic nitrogens is 1. The Balaban J connectivity index is 1.39. The van der Waals surface area contributed by atoms with Crippen LogP contribution in [0.2, 0.25) is 0 Å². The molecule has 1 nitrogen and oxygen atoms in total. The molecule has 1 heteroatoms. The third-order valence-electron chi connectivity index (χ3n) is 10.3. The fourth-order valence-corrected chi connectivity index (χ4v) is 7.98. The van der Waals surface area contributed by atoms with E-state index >= 15 is 0 Å². The van der Waals surface area contributed by atoms with E-state index in [0.717, 1.165) is 0 Å². The second kappa shape index (κ2) is 8.36. The quantitative estimate of drug-likeness (QED) is 0.206. The molecule has 7 aromatic rings. The summed E-state index contributed by atoms with van der Waals surface area (Å²) < 4.78 is 2.62. The first-order valence-corrected chi connectivity index (χ1v) is 15.4.